The molecule has 6 heteroatoms. The molecular weight excluding hydrogens is 220 g/mol. The van der Waals surface area contributed by atoms with Crippen LogP contribution in [-0.4, -0.2) is 46.0 Å². The number of hydrogen-bond acceptors (Lipinski definition) is 5. The number of aliphatic hydroxyl groups excluding tert-OH is 1. The minimum atomic E-state index is 0.180. The largest absolute Gasteiger partial charge is 0.396 e. The van der Waals surface area contributed by atoms with E-state index in [2.05, 4.69) is 15.6 Å². The highest BCUT2D eigenvalue weighted by Gasteiger charge is 2.03. The summed E-state index contributed by atoms with van der Waals surface area (Å²) in [6.45, 7) is 7.14. The number of nitrogens with one attached hydrogen (secondary N) is 1. The standard InChI is InChI=1S/C11H22N4O2/c1-3-17-10(2)7-12-8-11-9-15(14-13-11)5-4-6-16/h9-10,12,16H,3-8H2,1-2H3. The molecule has 0 saturated heterocycles. The lowest BCUT2D eigenvalue weighted by Crippen LogP contribution is -2.26. The normalized spacial score (nSPS) is 12.9. The second-order valence-corrected chi connectivity index (χ2v) is 3.95. The minimum absolute atomic E-state index is 0.180. The third-order valence-corrected chi connectivity index (χ3v) is 2.32. The van der Waals surface area contributed by atoms with Gasteiger partial charge in [-0.15, -0.1) is 5.10 Å². The number of aryl methyl sites for hydroxylation is 1. The summed E-state index contributed by atoms with van der Waals surface area (Å²) in [5, 5.41) is 20.0. The molecule has 1 unspecified atom stereocenters. The average molecular weight is 242 g/mol. The third kappa shape index (κ3) is 5.76. The summed E-state index contributed by atoms with van der Waals surface area (Å²) >= 11 is 0. The van der Waals surface area contributed by atoms with Crippen LogP contribution in [0.4, 0.5) is 0 Å². The van der Waals surface area contributed by atoms with Crippen LogP contribution >= 0.6 is 0 Å². The molecule has 0 saturated carbocycles. The van der Waals surface area contributed by atoms with Gasteiger partial charge in [-0.25, -0.2) is 0 Å². The van der Waals surface area contributed by atoms with Crippen molar-refractivity contribution in [2.75, 3.05) is 19.8 Å². The molecule has 1 aromatic heterocycles. The SMILES string of the molecule is CCOC(C)CNCc1cn(CCCO)nn1. The Morgan fingerprint density at radius 1 is 1.59 bits per heavy atom. The van der Waals surface area contributed by atoms with Crippen LogP contribution in [0.3, 0.4) is 0 Å². The van der Waals surface area contributed by atoms with Crippen LogP contribution in [0.15, 0.2) is 6.20 Å². The molecule has 0 aromatic carbocycles. The maximum atomic E-state index is 8.70. The van der Waals surface area contributed by atoms with Crippen LogP contribution in [0.2, 0.25) is 0 Å². The summed E-state index contributed by atoms with van der Waals surface area (Å²) in [6.07, 6.45) is 2.82. The Kier molecular flexibility index (Phi) is 6.76. The zero-order valence-electron chi connectivity index (χ0n) is 10.6. The molecule has 17 heavy (non-hydrogen) atoms. The molecule has 0 radical (unpaired) electrons. The first kappa shape index (κ1) is 14.1. The van der Waals surface area contributed by atoms with E-state index in [9.17, 15) is 0 Å². The van der Waals surface area contributed by atoms with Crippen LogP contribution in [0.25, 0.3) is 0 Å². The lowest BCUT2D eigenvalue weighted by atomic mass is 10.4. The number of ether oxygens (including phenoxy) is 1. The van der Waals surface area contributed by atoms with Crippen molar-refractivity contribution in [3.8, 4) is 0 Å². The molecule has 1 heterocycles. The van der Waals surface area contributed by atoms with Gasteiger partial charge in [-0.1, -0.05) is 5.21 Å². The molecular formula is C11H22N4O2. The van der Waals surface area contributed by atoms with E-state index in [-0.39, 0.29) is 12.7 Å². The molecule has 1 aromatic rings. The van der Waals surface area contributed by atoms with Crippen LogP contribution < -0.4 is 5.32 Å². The number of aromatic nitrogens is 3. The van der Waals surface area contributed by atoms with Crippen LogP contribution in [0.5, 0.6) is 0 Å². The van der Waals surface area contributed by atoms with Crippen molar-refractivity contribution in [3.63, 3.8) is 0 Å². The molecule has 98 valence electrons. The Morgan fingerprint density at radius 2 is 2.41 bits per heavy atom. The monoisotopic (exact) mass is 242 g/mol. The highest BCUT2D eigenvalue weighted by molar-refractivity contribution is 4.91. The van der Waals surface area contributed by atoms with Crippen LogP contribution in [0.1, 0.15) is 26.0 Å². The Hall–Kier alpha value is -0.980. The Balaban J connectivity index is 2.20. The van der Waals surface area contributed by atoms with E-state index in [4.69, 9.17) is 9.84 Å². The number of nitrogens with zero attached hydrogens (tertiary/aromatic N) is 3. The van der Waals surface area contributed by atoms with E-state index in [1.807, 2.05) is 20.0 Å². The highest BCUT2D eigenvalue weighted by Crippen LogP contribution is 1.95. The predicted molar refractivity (Wildman–Crippen MR) is 64.5 cm³/mol. The molecule has 0 amide bonds. The van der Waals surface area contributed by atoms with Gasteiger partial charge in [0.05, 0.1) is 11.8 Å². The quantitative estimate of drug-likeness (QED) is 0.646. The van der Waals surface area contributed by atoms with Crippen molar-refractivity contribution >= 4 is 0 Å². The Labute approximate surface area is 102 Å². The van der Waals surface area contributed by atoms with Gasteiger partial charge in [0.15, 0.2) is 0 Å². The smallest absolute Gasteiger partial charge is 0.0964 e. The first-order valence-corrected chi connectivity index (χ1v) is 6.08. The second-order valence-electron chi connectivity index (χ2n) is 3.95. The summed E-state index contributed by atoms with van der Waals surface area (Å²) in [5.74, 6) is 0. The summed E-state index contributed by atoms with van der Waals surface area (Å²) in [5.41, 5.74) is 0.909. The Morgan fingerprint density at radius 3 is 3.12 bits per heavy atom. The Bertz CT molecular complexity index is 303. The maximum absolute atomic E-state index is 8.70. The molecule has 0 bridgehead atoms. The predicted octanol–water partition coefficient (Wildman–Crippen LogP) is 0.175. The zero-order valence-corrected chi connectivity index (χ0v) is 10.6. The zero-order chi connectivity index (χ0) is 12.5. The molecule has 0 aliphatic carbocycles. The fourth-order valence-electron chi connectivity index (χ4n) is 1.51. The molecule has 0 aliphatic heterocycles. The summed E-state index contributed by atoms with van der Waals surface area (Å²) in [7, 11) is 0. The third-order valence-electron chi connectivity index (χ3n) is 2.32. The van der Waals surface area contributed by atoms with Gasteiger partial charge in [0.2, 0.25) is 0 Å². The average Bonchev–Trinajstić information content (AvgIpc) is 2.75. The number of rotatable bonds is 9. The van der Waals surface area contributed by atoms with Crippen molar-refractivity contribution in [2.24, 2.45) is 0 Å². The van der Waals surface area contributed by atoms with E-state index in [0.717, 1.165) is 18.8 Å². The van der Waals surface area contributed by atoms with Crippen molar-refractivity contribution in [1.29, 1.82) is 0 Å². The van der Waals surface area contributed by atoms with Crippen LogP contribution in [0, 0.1) is 0 Å². The minimum Gasteiger partial charge on any atom is -0.396 e. The second kappa shape index (κ2) is 8.16. The molecule has 0 aliphatic rings. The van der Waals surface area contributed by atoms with Gasteiger partial charge < -0.3 is 15.2 Å². The van der Waals surface area contributed by atoms with Crippen LogP contribution in [-0.2, 0) is 17.8 Å². The summed E-state index contributed by atoms with van der Waals surface area (Å²) in [6, 6.07) is 0. The number of hydrogen-bond donors (Lipinski definition) is 2. The summed E-state index contributed by atoms with van der Waals surface area (Å²) < 4.78 is 7.16. The maximum Gasteiger partial charge on any atom is 0.0964 e. The van der Waals surface area contributed by atoms with E-state index in [1.54, 1.807) is 4.68 Å². The van der Waals surface area contributed by atoms with Crippen molar-refractivity contribution in [3.05, 3.63) is 11.9 Å². The van der Waals surface area contributed by atoms with Gasteiger partial charge in [-0.3, -0.25) is 4.68 Å². The van der Waals surface area contributed by atoms with E-state index < -0.39 is 0 Å². The fourth-order valence-corrected chi connectivity index (χ4v) is 1.51. The van der Waals surface area contributed by atoms with Crippen molar-refractivity contribution in [1.82, 2.24) is 20.3 Å². The summed E-state index contributed by atoms with van der Waals surface area (Å²) in [4.78, 5) is 0. The lowest BCUT2D eigenvalue weighted by molar-refractivity contribution is 0.0759. The first-order valence-electron chi connectivity index (χ1n) is 6.08. The van der Waals surface area contributed by atoms with E-state index >= 15 is 0 Å². The molecule has 1 atom stereocenters. The van der Waals surface area contributed by atoms with Crippen molar-refractivity contribution < 1.29 is 9.84 Å². The molecule has 2 N–H and O–H groups in total. The van der Waals surface area contributed by atoms with Gasteiger partial charge in [0, 0.05) is 39.0 Å². The molecule has 0 fully saturated rings. The van der Waals surface area contributed by atoms with Gasteiger partial charge in [0.1, 0.15) is 0 Å². The molecule has 0 spiro atoms. The topological polar surface area (TPSA) is 72.2 Å². The van der Waals surface area contributed by atoms with E-state index in [1.165, 1.54) is 0 Å². The highest BCUT2D eigenvalue weighted by atomic mass is 16.5. The van der Waals surface area contributed by atoms with Gasteiger partial charge in [-0.05, 0) is 20.3 Å². The molecule has 6 nitrogen and oxygen atoms in total. The first-order chi connectivity index (χ1) is 8.26. The van der Waals surface area contributed by atoms with E-state index in [0.29, 0.717) is 19.5 Å². The van der Waals surface area contributed by atoms with Gasteiger partial charge >= 0.3 is 0 Å². The molecule has 1 rings (SSSR count). The van der Waals surface area contributed by atoms with Crippen molar-refractivity contribution in [2.45, 2.75) is 39.5 Å². The van der Waals surface area contributed by atoms with Gasteiger partial charge in [0.25, 0.3) is 0 Å². The fraction of sp³-hybridized carbons (Fsp3) is 0.818. The number of aliphatic hydroxyl groups is 1. The lowest BCUT2D eigenvalue weighted by Gasteiger charge is -2.11. The van der Waals surface area contributed by atoms with Gasteiger partial charge in [-0.2, -0.15) is 0 Å².